The van der Waals surface area contributed by atoms with Crippen molar-refractivity contribution in [1.29, 1.82) is 0 Å². The van der Waals surface area contributed by atoms with Gasteiger partial charge in [0.05, 0.1) is 11.4 Å². The van der Waals surface area contributed by atoms with E-state index in [-0.39, 0.29) is 0 Å². The van der Waals surface area contributed by atoms with Crippen LogP contribution in [0.1, 0.15) is 26.0 Å². The molecule has 13 heavy (non-hydrogen) atoms. The zero-order valence-electron chi connectivity index (χ0n) is 8.67. The van der Waals surface area contributed by atoms with Gasteiger partial charge in [-0.25, -0.2) is 0 Å². The molecule has 0 bridgehead atoms. The zero-order chi connectivity index (χ0) is 9.68. The van der Waals surface area contributed by atoms with E-state index in [1.807, 2.05) is 19.3 Å². The van der Waals surface area contributed by atoms with Crippen molar-refractivity contribution >= 4 is 5.69 Å². The maximum atomic E-state index is 4.36. The lowest BCUT2D eigenvalue weighted by Gasteiger charge is -2.08. The van der Waals surface area contributed by atoms with Gasteiger partial charge < -0.3 is 5.32 Å². The van der Waals surface area contributed by atoms with Gasteiger partial charge in [0.15, 0.2) is 0 Å². The predicted molar refractivity (Wildman–Crippen MR) is 56.9 cm³/mol. The molecule has 1 aromatic rings. The average molecular weight is 178 g/mol. The van der Waals surface area contributed by atoms with Gasteiger partial charge in [-0.1, -0.05) is 13.8 Å². The molecule has 1 rings (SSSR count). The van der Waals surface area contributed by atoms with Crippen molar-refractivity contribution in [3.63, 3.8) is 0 Å². The molecule has 0 saturated heterocycles. The Morgan fingerprint density at radius 3 is 2.85 bits per heavy atom. The third kappa shape index (κ3) is 3.05. The molecule has 2 nitrogen and oxygen atoms in total. The predicted octanol–water partition coefficient (Wildman–Crippen LogP) is 2.71. The molecule has 0 radical (unpaired) electrons. The van der Waals surface area contributed by atoms with Crippen LogP contribution in [0.4, 0.5) is 5.69 Å². The first-order chi connectivity index (χ1) is 6.24. The molecule has 0 fully saturated rings. The van der Waals surface area contributed by atoms with Gasteiger partial charge in [-0.05, 0) is 30.9 Å². The van der Waals surface area contributed by atoms with E-state index in [0.29, 0.717) is 0 Å². The minimum atomic E-state index is 0.742. The van der Waals surface area contributed by atoms with Crippen molar-refractivity contribution in [2.45, 2.75) is 26.7 Å². The Morgan fingerprint density at radius 1 is 1.46 bits per heavy atom. The first-order valence-electron chi connectivity index (χ1n) is 4.85. The number of aryl methyl sites for hydroxylation is 1. The Labute approximate surface area is 80.4 Å². The van der Waals surface area contributed by atoms with Crippen LogP contribution in [0, 0.1) is 5.92 Å². The number of hydrogen-bond donors (Lipinski definition) is 1. The van der Waals surface area contributed by atoms with E-state index in [2.05, 4.69) is 30.2 Å². The summed E-state index contributed by atoms with van der Waals surface area (Å²) in [5.74, 6) is 0.742. The minimum absolute atomic E-state index is 0.742. The van der Waals surface area contributed by atoms with Crippen LogP contribution in [-0.2, 0) is 6.42 Å². The fourth-order valence-corrected chi connectivity index (χ4v) is 1.29. The van der Waals surface area contributed by atoms with Gasteiger partial charge in [-0.3, -0.25) is 4.98 Å². The lowest BCUT2D eigenvalue weighted by molar-refractivity contribution is 0.582. The van der Waals surface area contributed by atoms with Gasteiger partial charge in [0.25, 0.3) is 0 Å². The van der Waals surface area contributed by atoms with Crippen molar-refractivity contribution < 1.29 is 0 Å². The smallest absolute Gasteiger partial charge is 0.0634 e. The second kappa shape index (κ2) is 4.85. The van der Waals surface area contributed by atoms with Crippen molar-refractivity contribution in [3.8, 4) is 0 Å². The standard InChI is InChI=1S/C11H18N2/c1-9(2)6-7-11-10(12-3)5-4-8-13-11/h4-5,8-9,12H,6-7H2,1-3H3. The number of hydrogen-bond acceptors (Lipinski definition) is 2. The minimum Gasteiger partial charge on any atom is -0.387 e. The molecule has 0 atom stereocenters. The van der Waals surface area contributed by atoms with E-state index in [4.69, 9.17) is 0 Å². The largest absolute Gasteiger partial charge is 0.387 e. The first kappa shape index (κ1) is 10.0. The second-order valence-corrected chi connectivity index (χ2v) is 3.68. The normalized spacial score (nSPS) is 10.5. The molecule has 0 aliphatic carbocycles. The maximum Gasteiger partial charge on any atom is 0.0634 e. The summed E-state index contributed by atoms with van der Waals surface area (Å²) in [4.78, 5) is 4.36. The van der Waals surface area contributed by atoms with Gasteiger partial charge in [-0.15, -0.1) is 0 Å². The molecule has 0 aliphatic rings. The highest BCUT2D eigenvalue weighted by molar-refractivity contribution is 5.46. The van der Waals surface area contributed by atoms with E-state index < -0.39 is 0 Å². The van der Waals surface area contributed by atoms with Crippen LogP contribution < -0.4 is 5.32 Å². The van der Waals surface area contributed by atoms with E-state index in [0.717, 1.165) is 18.0 Å². The highest BCUT2D eigenvalue weighted by atomic mass is 14.9. The summed E-state index contributed by atoms with van der Waals surface area (Å²) >= 11 is 0. The number of nitrogens with zero attached hydrogens (tertiary/aromatic N) is 1. The van der Waals surface area contributed by atoms with E-state index in [9.17, 15) is 0 Å². The number of aromatic nitrogens is 1. The van der Waals surface area contributed by atoms with Crippen molar-refractivity contribution in [2.75, 3.05) is 12.4 Å². The highest BCUT2D eigenvalue weighted by Crippen LogP contribution is 2.15. The Hall–Kier alpha value is -1.05. The molecule has 72 valence electrons. The molecule has 2 heteroatoms. The fraction of sp³-hybridized carbons (Fsp3) is 0.545. The summed E-state index contributed by atoms with van der Waals surface area (Å²) in [5.41, 5.74) is 2.34. The number of nitrogens with one attached hydrogen (secondary N) is 1. The highest BCUT2D eigenvalue weighted by Gasteiger charge is 2.02. The number of rotatable bonds is 4. The van der Waals surface area contributed by atoms with Gasteiger partial charge in [0, 0.05) is 13.2 Å². The zero-order valence-corrected chi connectivity index (χ0v) is 8.67. The van der Waals surface area contributed by atoms with Crippen LogP contribution in [0.15, 0.2) is 18.3 Å². The topological polar surface area (TPSA) is 24.9 Å². The molecule has 0 aromatic carbocycles. The first-order valence-corrected chi connectivity index (χ1v) is 4.85. The van der Waals surface area contributed by atoms with Crippen LogP contribution in [0.3, 0.4) is 0 Å². The summed E-state index contributed by atoms with van der Waals surface area (Å²) < 4.78 is 0. The Kier molecular flexibility index (Phi) is 3.74. The summed E-state index contributed by atoms with van der Waals surface area (Å²) in [7, 11) is 1.94. The van der Waals surface area contributed by atoms with Crippen molar-refractivity contribution in [2.24, 2.45) is 5.92 Å². The molecule has 0 amide bonds. The van der Waals surface area contributed by atoms with Gasteiger partial charge in [0.1, 0.15) is 0 Å². The van der Waals surface area contributed by atoms with Crippen LogP contribution in [-0.4, -0.2) is 12.0 Å². The Morgan fingerprint density at radius 2 is 2.23 bits per heavy atom. The molecular formula is C11H18N2. The third-order valence-electron chi connectivity index (χ3n) is 2.12. The van der Waals surface area contributed by atoms with Crippen LogP contribution in [0.2, 0.25) is 0 Å². The summed E-state index contributed by atoms with van der Waals surface area (Å²) in [6, 6.07) is 4.04. The molecule has 1 heterocycles. The third-order valence-corrected chi connectivity index (χ3v) is 2.12. The van der Waals surface area contributed by atoms with Crippen LogP contribution >= 0.6 is 0 Å². The summed E-state index contributed by atoms with van der Waals surface area (Å²) in [6.45, 7) is 4.48. The van der Waals surface area contributed by atoms with Crippen LogP contribution in [0.5, 0.6) is 0 Å². The SMILES string of the molecule is CNc1cccnc1CCC(C)C. The lowest BCUT2D eigenvalue weighted by Crippen LogP contribution is -2.00. The molecule has 0 spiro atoms. The number of pyridine rings is 1. The molecular weight excluding hydrogens is 160 g/mol. The molecule has 1 aromatic heterocycles. The quantitative estimate of drug-likeness (QED) is 0.766. The molecule has 0 unspecified atom stereocenters. The molecule has 1 N–H and O–H groups in total. The summed E-state index contributed by atoms with van der Waals surface area (Å²) in [5, 5.41) is 3.16. The van der Waals surface area contributed by atoms with Crippen molar-refractivity contribution in [1.82, 2.24) is 4.98 Å². The van der Waals surface area contributed by atoms with Crippen molar-refractivity contribution in [3.05, 3.63) is 24.0 Å². The van der Waals surface area contributed by atoms with Gasteiger partial charge in [0.2, 0.25) is 0 Å². The van der Waals surface area contributed by atoms with E-state index >= 15 is 0 Å². The average Bonchev–Trinajstić information content (AvgIpc) is 2.15. The van der Waals surface area contributed by atoms with E-state index in [1.165, 1.54) is 12.1 Å². The monoisotopic (exact) mass is 178 g/mol. The Balaban J connectivity index is 2.64. The summed E-state index contributed by atoms with van der Waals surface area (Å²) in [6.07, 6.45) is 4.12. The number of anilines is 1. The Bertz CT molecular complexity index is 256. The fourth-order valence-electron chi connectivity index (χ4n) is 1.29. The van der Waals surface area contributed by atoms with Gasteiger partial charge >= 0.3 is 0 Å². The molecule has 0 aliphatic heterocycles. The van der Waals surface area contributed by atoms with E-state index in [1.54, 1.807) is 0 Å². The maximum absolute atomic E-state index is 4.36. The second-order valence-electron chi connectivity index (χ2n) is 3.68. The van der Waals surface area contributed by atoms with Crippen LogP contribution in [0.25, 0.3) is 0 Å². The molecule has 0 saturated carbocycles. The van der Waals surface area contributed by atoms with Gasteiger partial charge in [-0.2, -0.15) is 0 Å². The lowest BCUT2D eigenvalue weighted by atomic mass is 10.1.